The monoisotopic (exact) mass is 489 g/mol. The van der Waals surface area contributed by atoms with Crippen LogP contribution in [0.15, 0.2) is 66.9 Å². The number of nitrogens with zero attached hydrogens (tertiary/aromatic N) is 4. The number of imidazole rings is 1. The molecule has 0 radical (unpaired) electrons. The Balaban J connectivity index is 1.77. The first-order valence-electron chi connectivity index (χ1n) is 13.0. The first-order valence-corrected chi connectivity index (χ1v) is 13.0. The maximum absolute atomic E-state index is 13.6. The second-order valence-corrected chi connectivity index (χ2v) is 10.6. The molecule has 7 nitrogen and oxygen atoms in total. The van der Waals surface area contributed by atoms with Crippen LogP contribution in [0.5, 0.6) is 0 Å². The Kier molecular flexibility index (Phi) is 8.44. The standard InChI is InChI=1S/C29H39N5O2/c1-29(2,3)26(34(20-12-17-30)28(35)36-33-18-10-11-19-33)27-31-25(24-15-8-5-9-16-24)22-32(27)21-23-13-6-4-7-14-23/h4-9,13-16,22,26H,10-12,17-21,30H2,1-3H3/t26-/m0/s1. The van der Waals surface area contributed by atoms with Crippen molar-refractivity contribution in [2.45, 2.75) is 52.6 Å². The fraction of sp³-hybridized carbons (Fsp3) is 0.448. The Morgan fingerprint density at radius 2 is 1.69 bits per heavy atom. The molecule has 3 aromatic rings. The highest BCUT2D eigenvalue weighted by molar-refractivity contribution is 5.68. The van der Waals surface area contributed by atoms with Crippen molar-refractivity contribution in [1.29, 1.82) is 0 Å². The number of hydrogen-bond acceptors (Lipinski definition) is 5. The zero-order chi connectivity index (χ0) is 25.5. The summed E-state index contributed by atoms with van der Waals surface area (Å²) in [6.07, 6.45) is 4.54. The van der Waals surface area contributed by atoms with Crippen molar-refractivity contribution < 1.29 is 9.63 Å². The average Bonchev–Trinajstić information content (AvgIpc) is 3.52. The zero-order valence-corrected chi connectivity index (χ0v) is 21.8. The van der Waals surface area contributed by atoms with Crippen molar-refractivity contribution in [1.82, 2.24) is 19.5 Å². The van der Waals surface area contributed by atoms with Gasteiger partial charge in [-0.2, -0.15) is 0 Å². The normalized spacial score (nSPS) is 15.1. The first-order chi connectivity index (χ1) is 17.4. The number of benzene rings is 2. The molecule has 2 N–H and O–H groups in total. The Morgan fingerprint density at radius 3 is 2.31 bits per heavy atom. The highest BCUT2D eigenvalue weighted by Gasteiger charge is 2.39. The maximum Gasteiger partial charge on any atom is 0.429 e. The Hall–Kier alpha value is -3.16. The van der Waals surface area contributed by atoms with Crippen molar-refractivity contribution >= 4 is 6.09 Å². The van der Waals surface area contributed by atoms with E-state index in [2.05, 4.69) is 55.8 Å². The van der Waals surface area contributed by atoms with Crippen molar-refractivity contribution in [2.75, 3.05) is 26.2 Å². The van der Waals surface area contributed by atoms with Gasteiger partial charge >= 0.3 is 6.09 Å². The number of aromatic nitrogens is 2. The summed E-state index contributed by atoms with van der Waals surface area (Å²) in [5, 5.41) is 1.78. The third kappa shape index (κ3) is 6.33. The van der Waals surface area contributed by atoms with Gasteiger partial charge in [-0.05, 0) is 36.8 Å². The molecule has 1 aromatic heterocycles. The van der Waals surface area contributed by atoms with Gasteiger partial charge in [-0.15, -0.1) is 5.06 Å². The largest absolute Gasteiger partial charge is 0.429 e. The smallest absolute Gasteiger partial charge is 0.351 e. The molecular formula is C29H39N5O2. The summed E-state index contributed by atoms with van der Waals surface area (Å²) >= 11 is 0. The van der Waals surface area contributed by atoms with Gasteiger partial charge in [0.25, 0.3) is 0 Å². The van der Waals surface area contributed by atoms with Crippen LogP contribution in [-0.4, -0.2) is 51.8 Å². The molecule has 1 fully saturated rings. The minimum absolute atomic E-state index is 0.299. The van der Waals surface area contributed by atoms with Crippen LogP contribution in [0.3, 0.4) is 0 Å². The van der Waals surface area contributed by atoms with Crippen molar-refractivity contribution in [3.05, 3.63) is 78.2 Å². The van der Waals surface area contributed by atoms with E-state index in [0.717, 1.165) is 43.0 Å². The molecule has 1 atom stereocenters. The third-order valence-corrected chi connectivity index (χ3v) is 6.56. The van der Waals surface area contributed by atoms with Crippen LogP contribution < -0.4 is 5.73 Å². The molecule has 1 saturated heterocycles. The lowest BCUT2D eigenvalue weighted by Crippen LogP contribution is -2.45. The third-order valence-electron chi connectivity index (χ3n) is 6.56. The number of nitrogens with two attached hydrogens (primary N) is 1. The molecule has 2 aromatic carbocycles. The summed E-state index contributed by atoms with van der Waals surface area (Å²) < 4.78 is 2.19. The molecule has 0 bridgehead atoms. The van der Waals surface area contributed by atoms with Crippen LogP contribution in [0.25, 0.3) is 11.3 Å². The van der Waals surface area contributed by atoms with Crippen molar-refractivity contribution in [2.24, 2.45) is 11.1 Å². The average molecular weight is 490 g/mol. The van der Waals surface area contributed by atoms with E-state index in [1.165, 1.54) is 5.56 Å². The molecule has 1 aliphatic heterocycles. The topological polar surface area (TPSA) is 76.6 Å². The number of hydroxylamine groups is 2. The molecule has 1 amide bonds. The van der Waals surface area contributed by atoms with Crippen LogP contribution in [-0.2, 0) is 11.4 Å². The molecule has 0 aliphatic carbocycles. The molecular weight excluding hydrogens is 450 g/mol. The highest BCUT2D eigenvalue weighted by atomic mass is 16.7. The second-order valence-electron chi connectivity index (χ2n) is 10.6. The van der Waals surface area contributed by atoms with Crippen LogP contribution in [0.4, 0.5) is 4.79 Å². The predicted octanol–water partition coefficient (Wildman–Crippen LogP) is 5.48. The Labute approximate surface area is 214 Å². The van der Waals surface area contributed by atoms with Crippen molar-refractivity contribution in [3.8, 4) is 11.3 Å². The van der Waals surface area contributed by atoms with Gasteiger partial charge in [-0.1, -0.05) is 81.4 Å². The van der Waals surface area contributed by atoms with E-state index in [-0.39, 0.29) is 17.6 Å². The summed E-state index contributed by atoms with van der Waals surface area (Å²) in [4.78, 5) is 26.4. The van der Waals surface area contributed by atoms with Crippen LogP contribution in [0, 0.1) is 5.41 Å². The second kappa shape index (κ2) is 11.7. The lowest BCUT2D eigenvalue weighted by Gasteiger charge is -2.39. The maximum atomic E-state index is 13.6. The van der Waals surface area contributed by atoms with Crippen molar-refractivity contribution in [3.63, 3.8) is 0 Å². The highest BCUT2D eigenvalue weighted by Crippen LogP contribution is 2.39. The first kappa shape index (κ1) is 25.9. The van der Waals surface area contributed by atoms with Crippen LogP contribution in [0.1, 0.15) is 57.5 Å². The molecule has 0 unspecified atom stereocenters. The summed E-state index contributed by atoms with van der Waals surface area (Å²) in [5.41, 5.74) is 8.71. The minimum atomic E-state index is -0.333. The van der Waals surface area contributed by atoms with E-state index >= 15 is 0 Å². The predicted molar refractivity (Wildman–Crippen MR) is 143 cm³/mol. The Morgan fingerprint density at radius 1 is 1.06 bits per heavy atom. The molecule has 192 valence electrons. The van der Waals surface area contributed by atoms with Crippen LogP contribution in [0.2, 0.25) is 0 Å². The zero-order valence-electron chi connectivity index (χ0n) is 21.8. The van der Waals surface area contributed by atoms with E-state index in [1.54, 1.807) is 5.06 Å². The summed E-state index contributed by atoms with van der Waals surface area (Å²) in [5.74, 6) is 0.848. The lowest BCUT2D eigenvalue weighted by atomic mass is 9.84. The van der Waals surface area contributed by atoms with Gasteiger partial charge in [0.1, 0.15) is 5.82 Å². The van der Waals surface area contributed by atoms with E-state index < -0.39 is 0 Å². The molecule has 36 heavy (non-hydrogen) atoms. The van der Waals surface area contributed by atoms with Gasteiger partial charge in [0.05, 0.1) is 11.7 Å². The minimum Gasteiger partial charge on any atom is -0.351 e. The SMILES string of the molecule is CC(C)(C)[C@H](c1nc(-c2ccccc2)cn1Cc1ccccc1)N(CCCN)C(=O)ON1CCCC1. The Bertz CT molecular complexity index is 1100. The fourth-order valence-electron chi connectivity index (χ4n) is 4.83. The van der Waals surface area contributed by atoms with Gasteiger partial charge in [0, 0.05) is 37.9 Å². The van der Waals surface area contributed by atoms with E-state index in [0.29, 0.717) is 26.1 Å². The lowest BCUT2D eigenvalue weighted by molar-refractivity contribution is -0.103. The molecule has 2 heterocycles. The fourth-order valence-corrected chi connectivity index (χ4v) is 4.83. The number of carbonyl (C=O) groups excluding carboxylic acids is 1. The van der Waals surface area contributed by atoms with Gasteiger partial charge < -0.3 is 15.1 Å². The van der Waals surface area contributed by atoms with E-state index in [9.17, 15) is 4.79 Å². The number of carbonyl (C=O) groups is 1. The number of amides is 1. The number of hydrogen-bond donors (Lipinski definition) is 1. The quantitative estimate of drug-likeness (QED) is 0.430. The van der Waals surface area contributed by atoms with E-state index in [4.69, 9.17) is 15.6 Å². The number of rotatable bonds is 9. The molecule has 1 aliphatic rings. The van der Waals surface area contributed by atoms with Crippen LogP contribution >= 0.6 is 0 Å². The summed E-state index contributed by atoms with van der Waals surface area (Å²) in [6, 6.07) is 20.2. The summed E-state index contributed by atoms with van der Waals surface area (Å²) in [7, 11) is 0. The van der Waals surface area contributed by atoms with Gasteiger partial charge in [-0.25, -0.2) is 9.78 Å². The molecule has 7 heteroatoms. The van der Waals surface area contributed by atoms with E-state index in [1.807, 2.05) is 41.3 Å². The molecule has 0 saturated carbocycles. The molecule has 4 rings (SSSR count). The van der Waals surface area contributed by atoms with Gasteiger partial charge in [-0.3, -0.25) is 4.90 Å². The van der Waals surface area contributed by atoms with Gasteiger partial charge in [0.2, 0.25) is 0 Å². The van der Waals surface area contributed by atoms with Gasteiger partial charge in [0.15, 0.2) is 0 Å². The molecule has 0 spiro atoms. The summed E-state index contributed by atoms with van der Waals surface area (Å²) in [6.45, 7) is 9.67.